The van der Waals surface area contributed by atoms with Gasteiger partial charge in [0, 0.05) is 7.05 Å². The zero-order valence-corrected chi connectivity index (χ0v) is 11.7. The summed E-state index contributed by atoms with van der Waals surface area (Å²) in [6.45, 7) is 4.95. The van der Waals surface area contributed by atoms with Gasteiger partial charge in [-0.25, -0.2) is 18.6 Å². The number of carbonyl (C=O) groups is 2. The van der Waals surface area contributed by atoms with E-state index in [0.717, 1.165) is 23.2 Å². The van der Waals surface area contributed by atoms with Crippen molar-refractivity contribution >= 4 is 12.0 Å². The summed E-state index contributed by atoms with van der Waals surface area (Å²) >= 11 is 0. The number of ether oxygens (including phenoxy) is 1. The van der Waals surface area contributed by atoms with Crippen LogP contribution >= 0.6 is 0 Å². The van der Waals surface area contributed by atoms with E-state index in [4.69, 9.17) is 4.74 Å². The van der Waals surface area contributed by atoms with Gasteiger partial charge in [-0.15, -0.1) is 0 Å². The molecule has 0 radical (unpaired) electrons. The summed E-state index contributed by atoms with van der Waals surface area (Å²) in [6.07, 6.45) is -0.845. The van der Waals surface area contributed by atoms with Crippen LogP contribution in [-0.4, -0.2) is 29.7 Å². The first kappa shape index (κ1) is 15.9. The number of hydrazine groups is 1. The van der Waals surface area contributed by atoms with Gasteiger partial charge in [0.1, 0.15) is 22.8 Å². The van der Waals surface area contributed by atoms with Gasteiger partial charge >= 0.3 is 6.09 Å². The van der Waals surface area contributed by atoms with Crippen LogP contribution in [0, 0.1) is 11.6 Å². The molecule has 0 aliphatic heterocycles. The lowest BCUT2D eigenvalue weighted by atomic mass is 10.2. The van der Waals surface area contributed by atoms with Gasteiger partial charge in [0.15, 0.2) is 0 Å². The fourth-order valence-corrected chi connectivity index (χ4v) is 1.30. The summed E-state index contributed by atoms with van der Waals surface area (Å²) in [6, 6.07) is 3.04. The number of nitrogens with zero attached hydrogens (tertiary/aromatic N) is 1. The predicted molar refractivity (Wildman–Crippen MR) is 67.8 cm³/mol. The third-order valence-corrected chi connectivity index (χ3v) is 2.13. The lowest BCUT2D eigenvalue weighted by Gasteiger charge is -2.24. The van der Waals surface area contributed by atoms with Gasteiger partial charge < -0.3 is 4.74 Å². The molecule has 7 heteroatoms. The number of benzene rings is 1. The largest absolute Gasteiger partial charge is 0.442 e. The van der Waals surface area contributed by atoms with Crippen molar-refractivity contribution in [3.8, 4) is 0 Å². The summed E-state index contributed by atoms with van der Waals surface area (Å²) < 4.78 is 31.8. The second-order valence-corrected chi connectivity index (χ2v) is 5.08. The molecule has 0 saturated heterocycles. The van der Waals surface area contributed by atoms with Gasteiger partial charge in [0.2, 0.25) is 0 Å². The van der Waals surface area contributed by atoms with E-state index in [0.29, 0.717) is 0 Å². The number of amides is 2. The number of rotatable bonds is 1. The highest BCUT2D eigenvalue weighted by atomic mass is 19.1. The average molecular weight is 286 g/mol. The Morgan fingerprint density at radius 1 is 1.20 bits per heavy atom. The van der Waals surface area contributed by atoms with Crippen LogP contribution in [0.2, 0.25) is 0 Å². The molecule has 110 valence electrons. The molecule has 1 aromatic rings. The highest BCUT2D eigenvalue weighted by Gasteiger charge is 2.23. The fourth-order valence-electron chi connectivity index (χ4n) is 1.30. The molecule has 5 nitrogen and oxygen atoms in total. The van der Waals surface area contributed by atoms with Crippen LogP contribution in [0.1, 0.15) is 31.1 Å². The van der Waals surface area contributed by atoms with E-state index in [1.807, 2.05) is 5.43 Å². The first-order valence-electron chi connectivity index (χ1n) is 5.83. The molecule has 0 spiro atoms. The normalized spacial score (nSPS) is 10.9. The molecule has 1 aromatic carbocycles. The number of hydrogen-bond donors (Lipinski definition) is 1. The van der Waals surface area contributed by atoms with Gasteiger partial charge in [-0.3, -0.25) is 10.2 Å². The van der Waals surface area contributed by atoms with Crippen molar-refractivity contribution in [1.82, 2.24) is 10.4 Å². The first-order chi connectivity index (χ1) is 9.11. The molecule has 0 heterocycles. The molecular formula is C13H16F2N2O3. The maximum atomic E-state index is 13.4. The molecule has 0 atom stereocenters. The lowest BCUT2D eigenvalue weighted by Crippen LogP contribution is -2.46. The lowest BCUT2D eigenvalue weighted by molar-refractivity contribution is 0.0193. The molecule has 1 N–H and O–H groups in total. The van der Waals surface area contributed by atoms with Crippen LogP contribution < -0.4 is 5.43 Å². The third kappa shape index (κ3) is 4.18. The van der Waals surface area contributed by atoms with Crippen molar-refractivity contribution in [2.45, 2.75) is 26.4 Å². The van der Waals surface area contributed by atoms with Gasteiger partial charge in [0.05, 0.1) is 0 Å². The molecular weight excluding hydrogens is 270 g/mol. The molecule has 0 unspecified atom stereocenters. The molecule has 0 saturated carbocycles. The second kappa shape index (κ2) is 5.85. The highest BCUT2D eigenvalue weighted by molar-refractivity contribution is 5.95. The molecule has 0 bridgehead atoms. The van der Waals surface area contributed by atoms with E-state index >= 15 is 0 Å². The minimum Gasteiger partial charge on any atom is -0.442 e. The summed E-state index contributed by atoms with van der Waals surface area (Å²) in [5, 5.41) is 0.722. The molecule has 0 aliphatic rings. The Labute approximate surface area is 115 Å². The molecule has 1 rings (SSSR count). The van der Waals surface area contributed by atoms with Gasteiger partial charge in [-0.1, -0.05) is 6.07 Å². The predicted octanol–water partition coefficient (Wildman–Crippen LogP) is 2.48. The maximum Gasteiger partial charge on any atom is 0.428 e. The third-order valence-electron chi connectivity index (χ3n) is 2.13. The van der Waals surface area contributed by atoms with Crippen molar-refractivity contribution in [3.05, 3.63) is 35.4 Å². The van der Waals surface area contributed by atoms with Gasteiger partial charge in [0.25, 0.3) is 5.91 Å². The van der Waals surface area contributed by atoms with Crippen molar-refractivity contribution < 1.29 is 23.1 Å². The Bertz CT molecular complexity index is 507. The van der Waals surface area contributed by atoms with Gasteiger partial charge in [-0.2, -0.15) is 0 Å². The molecule has 0 fully saturated rings. The number of carbonyl (C=O) groups excluding carboxylic acids is 2. The Morgan fingerprint density at radius 3 is 2.15 bits per heavy atom. The smallest absolute Gasteiger partial charge is 0.428 e. The Morgan fingerprint density at radius 2 is 1.70 bits per heavy atom. The minimum atomic E-state index is -1.08. The van der Waals surface area contributed by atoms with Crippen molar-refractivity contribution in [2.75, 3.05) is 7.05 Å². The fraction of sp³-hybridized carbons (Fsp3) is 0.385. The standard InChI is InChI=1S/C13H16F2N2O3/c1-13(2,3)20-12(19)17(4)16-11(18)10-8(14)6-5-7-9(10)15/h5-7H,1-4H3,(H,16,18). The van der Waals surface area contributed by atoms with E-state index in [2.05, 4.69) is 0 Å². The molecule has 2 amide bonds. The Balaban J connectivity index is 2.78. The van der Waals surface area contributed by atoms with Crippen LogP contribution in [0.15, 0.2) is 18.2 Å². The van der Waals surface area contributed by atoms with E-state index in [1.54, 1.807) is 20.8 Å². The van der Waals surface area contributed by atoms with Crippen molar-refractivity contribution in [2.24, 2.45) is 0 Å². The summed E-state index contributed by atoms with van der Waals surface area (Å²) in [5.74, 6) is -3.10. The van der Waals surface area contributed by atoms with Crippen molar-refractivity contribution in [1.29, 1.82) is 0 Å². The maximum absolute atomic E-state index is 13.4. The molecule has 20 heavy (non-hydrogen) atoms. The van der Waals surface area contributed by atoms with Crippen LogP contribution in [0.3, 0.4) is 0 Å². The van der Waals surface area contributed by atoms with E-state index in [9.17, 15) is 18.4 Å². The van der Waals surface area contributed by atoms with Gasteiger partial charge in [-0.05, 0) is 32.9 Å². The van der Waals surface area contributed by atoms with E-state index in [1.165, 1.54) is 7.05 Å². The first-order valence-corrected chi connectivity index (χ1v) is 5.83. The Hall–Kier alpha value is -2.18. The minimum absolute atomic E-state index is 0.722. The van der Waals surface area contributed by atoms with Crippen LogP contribution in [0.4, 0.5) is 13.6 Å². The monoisotopic (exact) mass is 286 g/mol. The van der Waals surface area contributed by atoms with Crippen molar-refractivity contribution in [3.63, 3.8) is 0 Å². The SMILES string of the molecule is CN(NC(=O)c1c(F)cccc1F)C(=O)OC(C)(C)C. The van der Waals surface area contributed by atoms with Crippen LogP contribution in [-0.2, 0) is 4.74 Å². The zero-order chi connectivity index (χ0) is 15.5. The van der Waals surface area contributed by atoms with Crippen LogP contribution in [0.25, 0.3) is 0 Å². The highest BCUT2D eigenvalue weighted by Crippen LogP contribution is 2.12. The second-order valence-electron chi connectivity index (χ2n) is 5.08. The Kier molecular flexibility index (Phi) is 4.65. The van der Waals surface area contributed by atoms with E-state index < -0.39 is 34.8 Å². The zero-order valence-electron chi connectivity index (χ0n) is 11.7. The molecule has 0 aliphatic carbocycles. The number of halogens is 2. The topological polar surface area (TPSA) is 58.6 Å². The van der Waals surface area contributed by atoms with Crippen LogP contribution in [0.5, 0.6) is 0 Å². The quantitative estimate of drug-likeness (QED) is 0.807. The number of nitrogens with one attached hydrogen (secondary N) is 1. The summed E-state index contributed by atoms with van der Waals surface area (Å²) in [5.41, 5.74) is 0.528. The average Bonchev–Trinajstić information content (AvgIpc) is 2.26. The summed E-state index contributed by atoms with van der Waals surface area (Å²) in [7, 11) is 1.21. The number of hydrogen-bond acceptors (Lipinski definition) is 3. The summed E-state index contributed by atoms with van der Waals surface area (Å²) in [4.78, 5) is 23.3. The van der Waals surface area contributed by atoms with E-state index in [-0.39, 0.29) is 0 Å². The molecule has 0 aromatic heterocycles.